The fraction of sp³-hybridized carbons (Fsp3) is 0.533. The molecule has 1 aromatic rings. The SMILES string of the molecule is CCC(CC)C(C)NCc1cccc(C(N)=O)c1. The van der Waals surface area contributed by atoms with E-state index in [0.29, 0.717) is 17.5 Å². The fourth-order valence-electron chi connectivity index (χ4n) is 2.28. The van der Waals surface area contributed by atoms with Gasteiger partial charge < -0.3 is 11.1 Å². The molecule has 3 N–H and O–H groups in total. The Morgan fingerprint density at radius 1 is 1.33 bits per heavy atom. The highest BCUT2D eigenvalue weighted by Crippen LogP contribution is 2.13. The number of carbonyl (C=O) groups is 1. The van der Waals surface area contributed by atoms with Crippen LogP contribution in [0, 0.1) is 5.92 Å². The van der Waals surface area contributed by atoms with E-state index in [9.17, 15) is 4.79 Å². The topological polar surface area (TPSA) is 55.1 Å². The van der Waals surface area contributed by atoms with Gasteiger partial charge >= 0.3 is 0 Å². The van der Waals surface area contributed by atoms with Gasteiger partial charge in [0.25, 0.3) is 0 Å². The Hall–Kier alpha value is -1.35. The lowest BCUT2D eigenvalue weighted by Gasteiger charge is -2.22. The number of nitrogens with one attached hydrogen (secondary N) is 1. The van der Waals surface area contributed by atoms with Crippen molar-refractivity contribution in [1.82, 2.24) is 5.32 Å². The van der Waals surface area contributed by atoms with E-state index in [4.69, 9.17) is 5.73 Å². The number of nitrogens with two attached hydrogens (primary N) is 1. The number of carbonyl (C=O) groups excluding carboxylic acids is 1. The van der Waals surface area contributed by atoms with E-state index in [1.54, 1.807) is 6.07 Å². The minimum atomic E-state index is -0.370. The zero-order valence-corrected chi connectivity index (χ0v) is 11.6. The molecule has 0 heterocycles. The molecule has 0 aliphatic rings. The fourth-order valence-corrected chi connectivity index (χ4v) is 2.28. The third-order valence-electron chi connectivity index (χ3n) is 3.60. The zero-order valence-electron chi connectivity index (χ0n) is 11.6. The Bertz CT molecular complexity index is 386. The number of primary amides is 1. The normalized spacial score (nSPS) is 12.7. The van der Waals surface area contributed by atoms with Crippen molar-refractivity contribution in [3.05, 3.63) is 35.4 Å². The Balaban J connectivity index is 2.58. The van der Waals surface area contributed by atoms with Gasteiger partial charge in [0, 0.05) is 18.2 Å². The second-order valence-electron chi connectivity index (χ2n) is 4.81. The molecule has 0 saturated carbocycles. The number of hydrogen-bond donors (Lipinski definition) is 2. The van der Waals surface area contributed by atoms with Gasteiger partial charge in [0.05, 0.1) is 0 Å². The van der Waals surface area contributed by atoms with Crippen molar-refractivity contribution in [2.75, 3.05) is 0 Å². The molecule has 0 saturated heterocycles. The lowest BCUT2D eigenvalue weighted by atomic mass is 9.95. The van der Waals surface area contributed by atoms with Gasteiger partial charge in [-0.2, -0.15) is 0 Å². The van der Waals surface area contributed by atoms with Crippen LogP contribution in [0.1, 0.15) is 49.5 Å². The molecule has 1 amide bonds. The summed E-state index contributed by atoms with van der Waals surface area (Å²) in [5, 5.41) is 3.51. The van der Waals surface area contributed by atoms with Crippen molar-refractivity contribution in [1.29, 1.82) is 0 Å². The molecular weight excluding hydrogens is 224 g/mol. The van der Waals surface area contributed by atoms with Crippen LogP contribution in [0.25, 0.3) is 0 Å². The van der Waals surface area contributed by atoms with Crippen LogP contribution in [-0.2, 0) is 6.54 Å². The first-order valence-corrected chi connectivity index (χ1v) is 6.70. The second kappa shape index (κ2) is 7.17. The third-order valence-corrected chi connectivity index (χ3v) is 3.60. The van der Waals surface area contributed by atoms with E-state index in [0.717, 1.165) is 12.1 Å². The molecule has 1 atom stereocenters. The summed E-state index contributed by atoms with van der Waals surface area (Å²) in [5.74, 6) is 0.328. The summed E-state index contributed by atoms with van der Waals surface area (Å²) in [6, 6.07) is 7.97. The van der Waals surface area contributed by atoms with Crippen molar-refractivity contribution in [3.8, 4) is 0 Å². The Labute approximate surface area is 110 Å². The predicted octanol–water partition coefficient (Wildman–Crippen LogP) is 2.70. The highest BCUT2D eigenvalue weighted by Gasteiger charge is 2.12. The molecule has 18 heavy (non-hydrogen) atoms. The monoisotopic (exact) mass is 248 g/mol. The molecule has 0 aliphatic carbocycles. The van der Waals surface area contributed by atoms with Crippen molar-refractivity contribution in [2.45, 2.75) is 46.2 Å². The first-order valence-electron chi connectivity index (χ1n) is 6.70. The molecule has 3 nitrogen and oxygen atoms in total. The highest BCUT2D eigenvalue weighted by atomic mass is 16.1. The molecule has 0 spiro atoms. The molecule has 3 heteroatoms. The van der Waals surface area contributed by atoms with Crippen LogP contribution >= 0.6 is 0 Å². The van der Waals surface area contributed by atoms with Crippen LogP contribution in [0.4, 0.5) is 0 Å². The number of hydrogen-bond acceptors (Lipinski definition) is 2. The third kappa shape index (κ3) is 4.15. The Morgan fingerprint density at radius 2 is 2.00 bits per heavy atom. The van der Waals surface area contributed by atoms with Crippen molar-refractivity contribution in [2.24, 2.45) is 11.7 Å². The smallest absolute Gasteiger partial charge is 0.248 e. The van der Waals surface area contributed by atoms with Crippen LogP contribution in [0.3, 0.4) is 0 Å². The van der Waals surface area contributed by atoms with E-state index in [1.165, 1.54) is 12.8 Å². The Kier molecular flexibility index (Phi) is 5.86. The van der Waals surface area contributed by atoms with Crippen molar-refractivity contribution < 1.29 is 4.79 Å². The van der Waals surface area contributed by atoms with Crippen LogP contribution in [0.2, 0.25) is 0 Å². The summed E-state index contributed by atoms with van der Waals surface area (Å²) < 4.78 is 0. The molecule has 0 radical (unpaired) electrons. The lowest BCUT2D eigenvalue weighted by Crippen LogP contribution is -2.32. The van der Waals surface area contributed by atoms with E-state index in [-0.39, 0.29) is 5.91 Å². The maximum absolute atomic E-state index is 11.1. The number of rotatable bonds is 7. The first kappa shape index (κ1) is 14.7. The highest BCUT2D eigenvalue weighted by molar-refractivity contribution is 5.92. The van der Waals surface area contributed by atoms with Gasteiger partial charge in [-0.15, -0.1) is 0 Å². The summed E-state index contributed by atoms with van der Waals surface area (Å²) in [6.45, 7) is 7.44. The van der Waals surface area contributed by atoms with Crippen LogP contribution in [0.5, 0.6) is 0 Å². The molecule has 1 rings (SSSR count). The minimum absolute atomic E-state index is 0.370. The van der Waals surface area contributed by atoms with Gasteiger partial charge in [-0.1, -0.05) is 38.8 Å². The summed E-state index contributed by atoms with van der Waals surface area (Å²) >= 11 is 0. The second-order valence-corrected chi connectivity index (χ2v) is 4.81. The van der Waals surface area contributed by atoms with E-state index < -0.39 is 0 Å². The molecule has 0 aromatic heterocycles. The molecule has 1 unspecified atom stereocenters. The van der Waals surface area contributed by atoms with Gasteiger partial charge in [-0.25, -0.2) is 0 Å². The van der Waals surface area contributed by atoms with Crippen LogP contribution < -0.4 is 11.1 Å². The quantitative estimate of drug-likeness (QED) is 0.779. The predicted molar refractivity (Wildman–Crippen MR) is 75.3 cm³/mol. The molecule has 0 aliphatic heterocycles. The number of benzene rings is 1. The molecular formula is C15H24N2O. The van der Waals surface area contributed by atoms with Crippen molar-refractivity contribution >= 4 is 5.91 Å². The largest absolute Gasteiger partial charge is 0.366 e. The molecule has 0 fully saturated rings. The van der Waals surface area contributed by atoms with Gasteiger partial charge in [0.2, 0.25) is 5.91 Å². The maximum Gasteiger partial charge on any atom is 0.248 e. The zero-order chi connectivity index (χ0) is 13.5. The van der Waals surface area contributed by atoms with Crippen molar-refractivity contribution in [3.63, 3.8) is 0 Å². The summed E-state index contributed by atoms with van der Waals surface area (Å²) in [6.07, 6.45) is 2.37. The minimum Gasteiger partial charge on any atom is -0.366 e. The van der Waals surface area contributed by atoms with E-state index >= 15 is 0 Å². The summed E-state index contributed by atoms with van der Waals surface area (Å²) in [7, 11) is 0. The van der Waals surface area contributed by atoms with Gasteiger partial charge in [0.1, 0.15) is 0 Å². The first-order chi connectivity index (χ1) is 8.58. The van der Waals surface area contributed by atoms with Gasteiger partial charge in [-0.05, 0) is 30.5 Å². The van der Waals surface area contributed by atoms with E-state index in [1.807, 2.05) is 18.2 Å². The standard InChI is InChI=1S/C15H24N2O/c1-4-13(5-2)11(3)17-10-12-7-6-8-14(9-12)15(16)18/h6-9,11,13,17H,4-5,10H2,1-3H3,(H2,16,18). The average molecular weight is 248 g/mol. The average Bonchev–Trinajstić information content (AvgIpc) is 2.38. The molecule has 0 bridgehead atoms. The molecule has 100 valence electrons. The number of amides is 1. The maximum atomic E-state index is 11.1. The summed E-state index contributed by atoms with van der Waals surface area (Å²) in [5.41, 5.74) is 6.95. The molecule has 1 aromatic carbocycles. The van der Waals surface area contributed by atoms with Crippen LogP contribution in [0.15, 0.2) is 24.3 Å². The van der Waals surface area contributed by atoms with Gasteiger partial charge in [-0.3, -0.25) is 4.79 Å². The Morgan fingerprint density at radius 3 is 2.56 bits per heavy atom. The summed E-state index contributed by atoms with van der Waals surface area (Å²) in [4.78, 5) is 11.1. The lowest BCUT2D eigenvalue weighted by molar-refractivity contribution is 0.1000. The van der Waals surface area contributed by atoms with Crippen LogP contribution in [-0.4, -0.2) is 11.9 Å². The van der Waals surface area contributed by atoms with Gasteiger partial charge in [0.15, 0.2) is 0 Å². The van der Waals surface area contributed by atoms with E-state index in [2.05, 4.69) is 26.1 Å².